The van der Waals surface area contributed by atoms with Crippen LogP contribution >= 0.6 is 0 Å². The lowest BCUT2D eigenvalue weighted by molar-refractivity contribution is -0.144. The number of nitrogens with two attached hydrogens (primary N) is 1. The van der Waals surface area contributed by atoms with Gasteiger partial charge < -0.3 is 16.2 Å². The molecule has 6 heteroatoms. The summed E-state index contributed by atoms with van der Waals surface area (Å²) < 4.78 is 0. The van der Waals surface area contributed by atoms with Crippen LogP contribution in [-0.2, 0) is 4.79 Å². The number of primary amides is 1. The number of carboxylic acid groups (broad SMARTS) is 1. The van der Waals surface area contributed by atoms with Gasteiger partial charge >= 0.3 is 5.97 Å². The average molecular weight is 277 g/mol. The van der Waals surface area contributed by atoms with Crippen molar-refractivity contribution in [3.05, 3.63) is 23.9 Å². The van der Waals surface area contributed by atoms with E-state index in [-0.39, 0.29) is 11.8 Å². The van der Waals surface area contributed by atoms with E-state index in [1.54, 1.807) is 18.3 Å². The zero-order valence-electron chi connectivity index (χ0n) is 11.2. The van der Waals surface area contributed by atoms with Gasteiger partial charge in [0.15, 0.2) is 0 Å². The monoisotopic (exact) mass is 277 g/mol. The molecule has 2 atom stereocenters. The quantitative estimate of drug-likeness (QED) is 0.756. The van der Waals surface area contributed by atoms with Gasteiger partial charge in [-0.3, -0.25) is 9.59 Å². The molecular weight excluding hydrogens is 258 g/mol. The largest absolute Gasteiger partial charge is 0.481 e. The number of carbonyl (C=O) groups is 2. The first-order chi connectivity index (χ1) is 9.59. The van der Waals surface area contributed by atoms with Gasteiger partial charge in [-0.05, 0) is 30.9 Å². The van der Waals surface area contributed by atoms with Gasteiger partial charge in [0.1, 0.15) is 5.82 Å². The lowest BCUT2D eigenvalue weighted by Crippen LogP contribution is -2.32. The van der Waals surface area contributed by atoms with E-state index in [4.69, 9.17) is 5.73 Å². The number of nitrogens with zero attached hydrogens (tertiary/aromatic N) is 1. The topological polar surface area (TPSA) is 105 Å². The van der Waals surface area contributed by atoms with Crippen LogP contribution in [0.1, 0.15) is 36.0 Å². The lowest BCUT2D eigenvalue weighted by atomic mass is 9.79. The summed E-state index contributed by atoms with van der Waals surface area (Å²) in [5, 5.41) is 12.3. The molecule has 1 aliphatic rings. The van der Waals surface area contributed by atoms with Crippen LogP contribution in [0.2, 0.25) is 0 Å². The van der Waals surface area contributed by atoms with Crippen LogP contribution in [0.15, 0.2) is 18.3 Å². The summed E-state index contributed by atoms with van der Waals surface area (Å²) in [6.45, 7) is 0.494. The van der Waals surface area contributed by atoms with Gasteiger partial charge in [-0.15, -0.1) is 0 Å². The van der Waals surface area contributed by atoms with Gasteiger partial charge in [0.2, 0.25) is 0 Å². The molecule has 1 heterocycles. The highest BCUT2D eigenvalue weighted by atomic mass is 16.4. The zero-order valence-corrected chi connectivity index (χ0v) is 11.2. The number of hydrogen-bond acceptors (Lipinski definition) is 4. The molecule has 0 radical (unpaired) electrons. The molecule has 20 heavy (non-hydrogen) atoms. The molecule has 2 unspecified atom stereocenters. The molecule has 0 saturated heterocycles. The molecule has 4 N–H and O–H groups in total. The number of aromatic nitrogens is 1. The number of amides is 1. The first-order valence-corrected chi connectivity index (χ1v) is 6.81. The van der Waals surface area contributed by atoms with Crippen molar-refractivity contribution in [2.45, 2.75) is 25.7 Å². The molecule has 1 aromatic rings. The number of anilines is 1. The number of pyridine rings is 1. The molecule has 2 rings (SSSR count). The number of carbonyl (C=O) groups excluding carboxylic acids is 1. The lowest BCUT2D eigenvalue weighted by Gasteiger charge is -2.28. The van der Waals surface area contributed by atoms with Crippen molar-refractivity contribution in [2.75, 3.05) is 11.9 Å². The van der Waals surface area contributed by atoms with Crippen molar-refractivity contribution >= 4 is 17.7 Å². The van der Waals surface area contributed by atoms with E-state index in [2.05, 4.69) is 10.3 Å². The minimum Gasteiger partial charge on any atom is -0.481 e. The third-order valence-electron chi connectivity index (χ3n) is 3.83. The van der Waals surface area contributed by atoms with E-state index < -0.39 is 11.9 Å². The SMILES string of the molecule is NC(=O)c1cccnc1NCC1CCCCC1C(=O)O. The van der Waals surface area contributed by atoms with Gasteiger partial charge in [-0.2, -0.15) is 0 Å². The number of carboxylic acids is 1. The van der Waals surface area contributed by atoms with E-state index in [9.17, 15) is 14.7 Å². The van der Waals surface area contributed by atoms with Crippen LogP contribution in [0.4, 0.5) is 5.82 Å². The van der Waals surface area contributed by atoms with E-state index in [0.717, 1.165) is 19.3 Å². The Labute approximate surface area is 117 Å². The van der Waals surface area contributed by atoms with Crippen molar-refractivity contribution in [2.24, 2.45) is 17.6 Å². The van der Waals surface area contributed by atoms with Gasteiger partial charge in [0, 0.05) is 12.7 Å². The van der Waals surface area contributed by atoms with Gasteiger partial charge in [0.05, 0.1) is 11.5 Å². The third kappa shape index (κ3) is 3.26. The third-order valence-corrected chi connectivity index (χ3v) is 3.83. The number of nitrogens with one attached hydrogen (secondary N) is 1. The molecule has 1 aliphatic carbocycles. The average Bonchev–Trinajstić information content (AvgIpc) is 2.45. The molecule has 0 aromatic carbocycles. The smallest absolute Gasteiger partial charge is 0.306 e. The first kappa shape index (κ1) is 14.3. The van der Waals surface area contributed by atoms with Crippen molar-refractivity contribution in [3.63, 3.8) is 0 Å². The Morgan fingerprint density at radius 1 is 1.40 bits per heavy atom. The van der Waals surface area contributed by atoms with Crippen molar-refractivity contribution in [1.82, 2.24) is 4.98 Å². The van der Waals surface area contributed by atoms with E-state index in [0.29, 0.717) is 24.3 Å². The predicted octanol–water partition coefficient (Wildman–Crippen LogP) is 1.48. The fourth-order valence-corrected chi connectivity index (χ4v) is 2.75. The van der Waals surface area contributed by atoms with Gasteiger partial charge in [-0.1, -0.05) is 12.8 Å². The Morgan fingerprint density at radius 3 is 2.85 bits per heavy atom. The Kier molecular flexibility index (Phi) is 4.55. The Bertz CT molecular complexity index is 504. The molecule has 1 aromatic heterocycles. The highest BCUT2D eigenvalue weighted by Gasteiger charge is 2.30. The first-order valence-electron chi connectivity index (χ1n) is 6.81. The molecule has 108 valence electrons. The van der Waals surface area contributed by atoms with Crippen LogP contribution in [0, 0.1) is 11.8 Å². The number of aliphatic carboxylic acids is 1. The maximum Gasteiger partial charge on any atom is 0.306 e. The van der Waals surface area contributed by atoms with Crippen LogP contribution in [0.5, 0.6) is 0 Å². The molecule has 1 saturated carbocycles. The zero-order chi connectivity index (χ0) is 14.5. The van der Waals surface area contributed by atoms with Crippen LogP contribution in [0.25, 0.3) is 0 Å². The summed E-state index contributed by atoms with van der Waals surface area (Å²) in [4.78, 5) is 26.6. The van der Waals surface area contributed by atoms with Gasteiger partial charge in [-0.25, -0.2) is 4.98 Å². The highest BCUT2D eigenvalue weighted by molar-refractivity contribution is 5.97. The summed E-state index contributed by atoms with van der Waals surface area (Å²) in [6, 6.07) is 3.25. The van der Waals surface area contributed by atoms with E-state index in [1.165, 1.54) is 0 Å². The second-order valence-electron chi connectivity index (χ2n) is 5.13. The van der Waals surface area contributed by atoms with Crippen LogP contribution < -0.4 is 11.1 Å². The molecule has 0 bridgehead atoms. The predicted molar refractivity (Wildman–Crippen MR) is 74.3 cm³/mol. The maximum absolute atomic E-state index is 11.3. The van der Waals surface area contributed by atoms with Crippen LogP contribution in [-0.4, -0.2) is 28.5 Å². The fourth-order valence-electron chi connectivity index (χ4n) is 2.75. The number of rotatable bonds is 5. The molecular formula is C14H19N3O3. The summed E-state index contributed by atoms with van der Waals surface area (Å²) >= 11 is 0. The minimum atomic E-state index is -0.743. The summed E-state index contributed by atoms with van der Waals surface area (Å²) in [5.74, 6) is -1.12. The van der Waals surface area contributed by atoms with Crippen molar-refractivity contribution in [1.29, 1.82) is 0 Å². The molecule has 6 nitrogen and oxygen atoms in total. The molecule has 0 aliphatic heterocycles. The summed E-state index contributed by atoms with van der Waals surface area (Å²) in [7, 11) is 0. The Hall–Kier alpha value is -2.11. The molecule has 1 amide bonds. The summed E-state index contributed by atoms with van der Waals surface area (Å²) in [6.07, 6.45) is 5.17. The van der Waals surface area contributed by atoms with Crippen molar-refractivity contribution in [3.8, 4) is 0 Å². The standard InChI is InChI=1S/C14H19N3O3/c15-12(18)11-6-3-7-16-13(11)17-8-9-4-1-2-5-10(9)14(19)20/h3,6-7,9-10H,1-2,4-5,8H2,(H2,15,18)(H,16,17)(H,19,20). The summed E-state index contributed by atoms with van der Waals surface area (Å²) in [5.41, 5.74) is 5.61. The maximum atomic E-state index is 11.3. The normalized spacial score (nSPS) is 22.2. The molecule has 0 spiro atoms. The van der Waals surface area contributed by atoms with E-state index in [1.807, 2.05) is 0 Å². The fraction of sp³-hybridized carbons (Fsp3) is 0.500. The Morgan fingerprint density at radius 2 is 2.15 bits per heavy atom. The minimum absolute atomic E-state index is 0.0592. The van der Waals surface area contributed by atoms with E-state index >= 15 is 0 Å². The second kappa shape index (κ2) is 6.36. The second-order valence-corrected chi connectivity index (χ2v) is 5.13. The molecule has 1 fully saturated rings. The van der Waals surface area contributed by atoms with Crippen LogP contribution in [0.3, 0.4) is 0 Å². The highest BCUT2D eigenvalue weighted by Crippen LogP contribution is 2.30. The number of hydrogen-bond donors (Lipinski definition) is 3. The van der Waals surface area contributed by atoms with Crippen molar-refractivity contribution < 1.29 is 14.7 Å². The van der Waals surface area contributed by atoms with Gasteiger partial charge in [0.25, 0.3) is 5.91 Å². The Balaban J connectivity index is 2.04.